The number of nitrogens with zero attached hydrogens (tertiary/aromatic N) is 8. The third-order valence-electron chi connectivity index (χ3n) is 8.28. The summed E-state index contributed by atoms with van der Waals surface area (Å²) in [4.78, 5) is 36.5. The van der Waals surface area contributed by atoms with Crippen LogP contribution in [0.1, 0.15) is 37.9 Å². The van der Waals surface area contributed by atoms with Crippen molar-refractivity contribution in [1.82, 2.24) is 39.9 Å². The number of aliphatic hydroxyl groups excluding tert-OH is 1. The van der Waals surface area contributed by atoms with Gasteiger partial charge in [0, 0.05) is 50.0 Å². The molecule has 6 heterocycles. The molecule has 36 heavy (non-hydrogen) atoms. The molecule has 3 fully saturated rings. The zero-order valence-corrected chi connectivity index (χ0v) is 20.4. The highest BCUT2D eigenvalue weighted by Gasteiger charge is 2.56. The van der Waals surface area contributed by atoms with Gasteiger partial charge < -0.3 is 19.6 Å². The lowest BCUT2D eigenvalue weighted by Crippen LogP contribution is -2.65. The molecule has 190 valence electrons. The Labute approximate surface area is 208 Å². The number of likely N-dealkylation sites (N-methyl/N-ethyl adjacent to an activating group) is 1. The molecular weight excluding hydrogens is 464 g/mol. The number of amides is 1. The molecule has 6 rings (SSSR count). The third kappa shape index (κ3) is 3.80. The minimum absolute atomic E-state index is 0.122. The number of cyclic esters (lactones) is 1. The van der Waals surface area contributed by atoms with Gasteiger partial charge in [0.1, 0.15) is 12.9 Å². The first-order valence-corrected chi connectivity index (χ1v) is 12.4. The van der Waals surface area contributed by atoms with Crippen molar-refractivity contribution in [3.05, 3.63) is 41.5 Å². The van der Waals surface area contributed by atoms with Crippen molar-refractivity contribution in [3.8, 4) is 5.82 Å². The number of aromatic nitrogens is 5. The van der Waals surface area contributed by atoms with Crippen molar-refractivity contribution in [2.45, 2.75) is 44.4 Å². The van der Waals surface area contributed by atoms with E-state index in [0.29, 0.717) is 24.5 Å². The van der Waals surface area contributed by atoms with Crippen LogP contribution in [-0.2, 0) is 14.3 Å². The van der Waals surface area contributed by atoms with Crippen molar-refractivity contribution in [2.75, 3.05) is 39.8 Å². The van der Waals surface area contributed by atoms with E-state index in [4.69, 9.17) is 4.74 Å². The van der Waals surface area contributed by atoms with Crippen LogP contribution in [0.5, 0.6) is 0 Å². The van der Waals surface area contributed by atoms with E-state index in [-0.39, 0.29) is 30.6 Å². The normalized spacial score (nSPS) is 29.9. The van der Waals surface area contributed by atoms with Gasteiger partial charge in [0.15, 0.2) is 5.82 Å². The highest BCUT2D eigenvalue weighted by Crippen LogP contribution is 2.49. The number of carbonyl (C=O) groups excluding carboxylic acids is 2. The maximum absolute atomic E-state index is 13.7. The fourth-order valence-corrected chi connectivity index (χ4v) is 6.46. The van der Waals surface area contributed by atoms with Crippen LogP contribution >= 0.6 is 0 Å². The maximum atomic E-state index is 13.7. The molecule has 1 amide bonds. The van der Waals surface area contributed by atoms with Gasteiger partial charge in [-0.05, 0) is 49.7 Å². The lowest BCUT2D eigenvalue weighted by molar-refractivity contribution is -0.144. The van der Waals surface area contributed by atoms with Crippen LogP contribution in [0.2, 0.25) is 0 Å². The molecule has 12 nitrogen and oxygen atoms in total. The van der Waals surface area contributed by atoms with Crippen molar-refractivity contribution >= 4 is 11.9 Å². The van der Waals surface area contributed by atoms with Crippen LogP contribution in [0.3, 0.4) is 0 Å². The summed E-state index contributed by atoms with van der Waals surface area (Å²) in [6.07, 6.45) is 4.70. The van der Waals surface area contributed by atoms with Gasteiger partial charge in [-0.15, -0.1) is 5.10 Å². The second kappa shape index (κ2) is 8.71. The highest BCUT2D eigenvalue weighted by atomic mass is 16.5. The number of hydrogen-bond acceptors (Lipinski definition) is 10. The minimum atomic E-state index is -0.701. The Morgan fingerprint density at radius 2 is 2.00 bits per heavy atom. The van der Waals surface area contributed by atoms with Gasteiger partial charge in [-0.25, -0.2) is 9.78 Å². The summed E-state index contributed by atoms with van der Waals surface area (Å²) in [7, 11) is 2.12. The van der Waals surface area contributed by atoms with Gasteiger partial charge in [-0.1, -0.05) is 6.07 Å². The van der Waals surface area contributed by atoms with E-state index in [9.17, 15) is 14.7 Å². The van der Waals surface area contributed by atoms with Crippen LogP contribution in [-0.4, -0.2) is 109 Å². The molecule has 3 saturated heterocycles. The van der Waals surface area contributed by atoms with Crippen molar-refractivity contribution < 1.29 is 19.4 Å². The van der Waals surface area contributed by atoms with Crippen molar-refractivity contribution in [3.63, 3.8) is 0 Å². The molecular formula is C24H30N8O4. The average molecular weight is 495 g/mol. The molecule has 1 spiro atoms. The zero-order valence-electron chi connectivity index (χ0n) is 20.4. The number of aliphatic hydroxyl groups is 1. The van der Waals surface area contributed by atoms with Crippen LogP contribution in [0.4, 0.5) is 0 Å². The Kier molecular flexibility index (Phi) is 5.61. The summed E-state index contributed by atoms with van der Waals surface area (Å²) >= 11 is 0. The molecule has 3 atom stereocenters. The zero-order chi connectivity index (χ0) is 25.0. The van der Waals surface area contributed by atoms with Gasteiger partial charge in [0.25, 0.3) is 0 Å². The number of rotatable bonds is 5. The Hall–Kier alpha value is -3.22. The van der Waals surface area contributed by atoms with Crippen molar-refractivity contribution in [1.29, 1.82) is 0 Å². The van der Waals surface area contributed by atoms with Crippen LogP contribution < -0.4 is 0 Å². The number of piperidine rings is 1. The molecule has 2 aromatic rings. The topological polar surface area (TPSA) is 130 Å². The third-order valence-corrected chi connectivity index (χ3v) is 8.28. The molecule has 4 aliphatic rings. The van der Waals surface area contributed by atoms with E-state index in [2.05, 4.69) is 37.4 Å². The highest BCUT2D eigenvalue weighted by molar-refractivity contribution is 5.94. The van der Waals surface area contributed by atoms with Crippen LogP contribution in [0.15, 0.2) is 35.9 Å². The summed E-state index contributed by atoms with van der Waals surface area (Å²) < 4.78 is 6.63. The summed E-state index contributed by atoms with van der Waals surface area (Å²) in [6.45, 7) is 4.71. The molecule has 4 aliphatic heterocycles. The van der Waals surface area contributed by atoms with Gasteiger partial charge >= 0.3 is 5.97 Å². The Morgan fingerprint density at radius 1 is 1.22 bits per heavy atom. The molecule has 2 aromatic heterocycles. The monoisotopic (exact) mass is 494 g/mol. The minimum Gasteiger partial charge on any atom is -0.456 e. The summed E-state index contributed by atoms with van der Waals surface area (Å²) in [5.41, 5.74) is 1.57. The summed E-state index contributed by atoms with van der Waals surface area (Å²) in [5.74, 6) is 0.372. The summed E-state index contributed by atoms with van der Waals surface area (Å²) in [5, 5.41) is 22.2. The number of fused-ring (bicyclic) bond motifs is 2. The lowest BCUT2D eigenvalue weighted by Gasteiger charge is -2.54. The lowest BCUT2D eigenvalue weighted by atomic mass is 9.69. The second-order valence-electron chi connectivity index (χ2n) is 10.5. The van der Waals surface area contributed by atoms with E-state index in [1.807, 2.05) is 6.07 Å². The quantitative estimate of drug-likeness (QED) is 0.563. The molecule has 0 saturated carbocycles. The molecule has 1 N–H and O–H groups in total. The number of carbonyl (C=O) groups is 2. The van der Waals surface area contributed by atoms with E-state index in [0.717, 1.165) is 43.6 Å². The van der Waals surface area contributed by atoms with Gasteiger partial charge in [-0.2, -0.15) is 4.68 Å². The Morgan fingerprint density at radius 3 is 2.61 bits per heavy atom. The first kappa shape index (κ1) is 23.2. The Bertz CT molecular complexity index is 1180. The maximum Gasteiger partial charge on any atom is 0.336 e. The molecule has 12 heteroatoms. The molecule has 0 aliphatic carbocycles. The van der Waals surface area contributed by atoms with Gasteiger partial charge in [0.05, 0.1) is 22.8 Å². The first-order valence-electron chi connectivity index (χ1n) is 12.4. The number of pyridine rings is 1. The van der Waals surface area contributed by atoms with Gasteiger partial charge in [0.2, 0.25) is 5.91 Å². The smallest absolute Gasteiger partial charge is 0.336 e. The fraction of sp³-hybridized carbons (Fsp3) is 0.583. The van der Waals surface area contributed by atoms with E-state index in [1.165, 1.54) is 11.0 Å². The Balaban J connectivity index is 1.18. The average Bonchev–Trinajstić information content (AvgIpc) is 3.57. The number of ether oxygens (including phenoxy) is 1. The van der Waals surface area contributed by atoms with E-state index < -0.39 is 11.5 Å². The van der Waals surface area contributed by atoms with Gasteiger partial charge in [-0.3, -0.25) is 9.69 Å². The molecule has 0 aromatic carbocycles. The van der Waals surface area contributed by atoms with E-state index in [1.54, 1.807) is 24.1 Å². The number of piperazine rings is 1. The second-order valence-corrected chi connectivity index (χ2v) is 10.5. The fourth-order valence-electron chi connectivity index (χ4n) is 6.46. The predicted octanol–water partition coefficient (Wildman–Crippen LogP) is -0.0814. The predicted molar refractivity (Wildman–Crippen MR) is 125 cm³/mol. The first-order chi connectivity index (χ1) is 17.3. The van der Waals surface area contributed by atoms with Crippen molar-refractivity contribution in [2.24, 2.45) is 5.41 Å². The molecule has 2 bridgehead atoms. The largest absolute Gasteiger partial charge is 0.456 e. The number of hydrogen-bond donors (Lipinski definition) is 1. The molecule has 0 radical (unpaired) electrons. The number of likely N-dealkylation sites (tertiary alicyclic amines) is 2. The summed E-state index contributed by atoms with van der Waals surface area (Å²) in [6, 6.07) is 3.95. The number of tetrazole rings is 1. The molecule has 2 unspecified atom stereocenters. The van der Waals surface area contributed by atoms with Crippen LogP contribution in [0, 0.1) is 5.41 Å². The SMILES string of the molecule is CC1=C(N2CCC3(CC4CN(C)CC(C3)N4C[C@H](O)c3ccc(-n4cnnn4)nc3)C2=O)COC1=O. The standard InChI is InChI=1S/C24H30N8O4/c1-15-19(13-36-22(15)34)30-6-5-24(23(30)35)7-17-10-29(2)11-18(8-24)31(17)12-20(33)16-3-4-21(25-9-16)32-14-26-27-28-32/h3-4,9,14,17-18,20,33H,5-8,10-13H2,1-2H3/t17?,18?,20-,24?/m0/s1. The van der Waals surface area contributed by atoms with Crippen LogP contribution in [0.25, 0.3) is 5.82 Å². The van der Waals surface area contributed by atoms with E-state index >= 15 is 0 Å². The number of esters is 1.